The minimum absolute atomic E-state index is 0.125. The first-order chi connectivity index (χ1) is 11.8. The first-order valence-electron chi connectivity index (χ1n) is 8.44. The molecule has 0 saturated carbocycles. The lowest BCUT2D eigenvalue weighted by Crippen LogP contribution is -2.44. The van der Waals surface area contributed by atoms with Gasteiger partial charge in [0.25, 0.3) is 0 Å². The summed E-state index contributed by atoms with van der Waals surface area (Å²) in [7, 11) is 0. The summed E-state index contributed by atoms with van der Waals surface area (Å²) in [6.45, 7) is 8.63. The SMILES string of the molecule is CC(C)C(O)C(C)(C)CNC(=O)Nc1ccnn1Cc1ccccn1. The van der Waals surface area contributed by atoms with E-state index in [1.165, 1.54) is 0 Å². The van der Waals surface area contributed by atoms with Crippen molar-refractivity contribution in [1.82, 2.24) is 20.1 Å². The quantitative estimate of drug-likeness (QED) is 0.719. The van der Waals surface area contributed by atoms with Crippen LogP contribution in [0.4, 0.5) is 10.6 Å². The van der Waals surface area contributed by atoms with E-state index in [1.807, 2.05) is 45.9 Å². The second-order valence-electron chi connectivity index (χ2n) is 7.18. The molecule has 2 aromatic heterocycles. The molecule has 3 N–H and O–H groups in total. The van der Waals surface area contributed by atoms with E-state index >= 15 is 0 Å². The second-order valence-corrected chi connectivity index (χ2v) is 7.18. The van der Waals surface area contributed by atoms with Gasteiger partial charge in [0.05, 0.1) is 24.5 Å². The summed E-state index contributed by atoms with van der Waals surface area (Å²) in [5.41, 5.74) is 0.440. The van der Waals surface area contributed by atoms with Crippen LogP contribution < -0.4 is 10.6 Å². The van der Waals surface area contributed by atoms with Gasteiger partial charge < -0.3 is 10.4 Å². The third kappa shape index (κ3) is 5.29. The normalized spacial score (nSPS) is 12.9. The molecule has 0 radical (unpaired) electrons. The van der Waals surface area contributed by atoms with E-state index in [4.69, 9.17) is 0 Å². The van der Waals surface area contributed by atoms with E-state index in [2.05, 4.69) is 20.7 Å². The zero-order valence-corrected chi connectivity index (χ0v) is 15.2. The first-order valence-corrected chi connectivity index (χ1v) is 8.44. The van der Waals surface area contributed by atoms with Crippen LogP contribution in [0.3, 0.4) is 0 Å². The first kappa shape index (κ1) is 18.9. The lowest BCUT2D eigenvalue weighted by molar-refractivity contribution is 0.0154. The summed E-state index contributed by atoms with van der Waals surface area (Å²) in [6, 6.07) is 7.07. The van der Waals surface area contributed by atoms with Gasteiger partial charge in [-0.3, -0.25) is 10.3 Å². The number of carbonyl (C=O) groups excluding carboxylic acids is 1. The van der Waals surface area contributed by atoms with E-state index in [9.17, 15) is 9.90 Å². The highest BCUT2D eigenvalue weighted by Crippen LogP contribution is 2.25. The summed E-state index contributed by atoms with van der Waals surface area (Å²) in [4.78, 5) is 16.5. The van der Waals surface area contributed by atoms with Crippen molar-refractivity contribution in [3.8, 4) is 0 Å². The predicted molar refractivity (Wildman–Crippen MR) is 97.2 cm³/mol. The van der Waals surface area contributed by atoms with E-state index < -0.39 is 11.5 Å². The Morgan fingerprint density at radius 2 is 2.04 bits per heavy atom. The maximum absolute atomic E-state index is 12.2. The number of urea groups is 1. The molecule has 0 aliphatic carbocycles. The third-order valence-electron chi connectivity index (χ3n) is 4.13. The van der Waals surface area contributed by atoms with Gasteiger partial charge in [-0.15, -0.1) is 0 Å². The Morgan fingerprint density at radius 1 is 1.28 bits per heavy atom. The molecule has 25 heavy (non-hydrogen) atoms. The highest BCUT2D eigenvalue weighted by molar-refractivity contribution is 5.88. The Hall–Kier alpha value is -2.41. The zero-order chi connectivity index (χ0) is 18.4. The smallest absolute Gasteiger partial charge is 0.320 e. The molecule has 0 aromatic carbocycles. The van der Waals surface area contributed by atoms with Crippen molar-refractivity contribution in [3.63, 3.8) is 0 Å². The number of pyridine rings is 1. The highest BCUT2D eigenvalue weighted by Gasteiger charge is 2.30. The van der Waals surface area contributed by atoms with Crippen molar-refractivity contribution in [1.29, 1.82) is 0 Å². The fourth-order valence-electron chi connectivity index (χ4n) is 2.69. The molecule has 0 saturated heterocycles. The van der Waals surface area contributed by atoms with Crippen molar-refractivity contribution in [2.75, 3.05) is 11.9 Å². The molecule has 0 spiro atoms. The molecule has 0 bridgehead atoms. The molecule has 2 amide bonds. The molecule has 1 atom stereocenters. The van der Waals surface area contributed by atoms with E-state index in [0.29, 0.717) is 18.9 Å². The molecule has 0 fully saturated rings. The van der Waals surface area contributed by atoms with E-state index in [0.717, 1.165) is 5.69 Å². The van der Waals surface area contributed by atoms with Gasteiger partial charge in [-0.2, -0.15) is 5.10 Å². The molecular weight excluding hydrogens is 318 g/mol. The number of nitrogens with one attached hydrogen (secondary N) is 2. The second kappa shape index (κ2) is 8.11. The van der Waals surface area contributed by atoms with Crippen LogP contribution in [0, 0.1) is 11.3 Å². The van der Waals surface area contributed by atoms with Gasteiger partial charge in [0.2, 0.25) is 0 Å². The number of hydrogen-bond acceptors (Lipinski definition) is 4. The third-order valence-corrected chi connectivity index (χ3v) is 4.13. The van der Waals surface area contributed by atoms with Gasteiger partial charge in [-0.05, 0) is 18.1 Å². The van der Waals surface area contributed by atoms with Crippen molar-refractivity contribution in [2.24, 2.45) is 11.3 Å². The molecule has 2 heterocycles. The van der Waals surface area contributed by atoms with Crippen molar-refractivity contribution >= 4 is 11.8 Å². The average Bonchev–Trinajstić information content (AvgIpc) is 3.00. The molecule has 136 valence electrons. The number of aliphatic hydroxyl groups is 1. The predicted octanol–water partition coefficient (Wildman–Crippen LogP) is 2.49. The molecule has 0 aliphatic rings. The topological polar surface area (TPSA) is 92.1 Å². The molecule has 1 unspecified atom stereocenters. The molecule has 2 rings (SSSR count). The van der Waals surface area contributed by atoms with Crippen LogP contribution in [-0.2, 0) is 6.54 Å². The van der Waals surface area contributed by atoms with Crippen LogP contribution >= 0.6 is 0 Å². The highest BCUT2D eigenvalue weighted by atomic mass is 16.3. The van der Waals surface area contributed by atoms with Crippen molar-refractivity contribution < 1.29 is 9.90 Å². The fourth-order valence-corrected chi connectivity index (χ4v) is 2.69. The Bertz CT molecular complexity index is 682. The number of nitrogens with zero attached hydrogens (tertiary/aromatic N) is 3. The Labute approximate surface area is 148 Å². The standard InChI is InChI=1S/C18H27N5O2/c1-13(2)16(24)18(3,4)12-20-17(25)22-15-8-10-21-23(15)11-14-7-5-6-9-19-14/h5-10,13,16,24H,11-12H2,1-4H3,(H2,20,22,25). The van der Waals surface area contributed by atoms with Gasteiger partial charge >= 0.3 is 6.03 Å². The molecule has 2 aromatic rings. The van der Waals surface area contributed by atoms with Crippen LogP contribution in [0.25, 0.3) is 0 Å². The Morgan fingerprint density at radius 3 is 2.68 bits per heavy atom. The largest absolute Gasteiger partial charge is 0.392 e. The molecular formula is C18H27N5O2. The number of rotatable bonds is 7. The molecule has 7 nitrogen and oxygen atoms in total. The number of aromatic nitrogens is 3. The van der Waals surface area contributed by atoms with Crippen LogP contribution in [0.15, 0.2) is 36.7 Å². The summed E-state index contributed by atoms with van der Waals surface area (Å²) < 4.78 is 1.68. The fraction of sp³-hybridized carbons (Fsp3) is 0.500. The number of hydrogen-bond donors (Lipinski definition) is 3. The van der Waals surface area contributed by atoms with Gasteiger partial charge in [-0.25, -0.2) is 9.48 Å². The van der Waals surface area contributed by atoms with Crippen LogP contribution in [0.5, 0.6) is 0 Å². The maximum Gasteiger partial charge on any atom is 0.320 e. The van der Waals surface area contributed by atoms with Gasteiger partial charge in [-0.1, -0.05) is 33.8 Å². The maximum atomic E-state index is 12.2. The number of aliphatic hydroxyl groups excluding tert-OH is 1. The van der Waals surface area contributed by atoms with Crippen LogP contribution in [0.2, 0.25) is 0 Å². The summed E-state index contributed by atoms with van der Waals surface area (Å²) in [6.07, 6.45) is 2.86. The lowest BCUT2D eigenvalue weighted by atomic mass is 9.81. The average molecular weight is 345 g/mol. The summed E-state index contributed by atoms with van der Waals surface area (Å²) in [5, 5.41) is 20.1. The van der Waals surface area contributed by atoms with Crippen molar-refractivity contribution in [2.45, 2.75) is 40.3 Å². The minimum atomic E-state index is -0.498. The summed E-state index contributed by atoms with van der Waals surface area (Å²) in [5.74, 6) is 0.713. The van der Waals surface area contributed by atoms with Gasteiger partial charge in [0.1, 0.15) is 5.82 Å². The zero-order valence-electron chi connectivity index (χ0n) is 15.2. The summed E-state index contributed by atoms with van der Waals surface area (Å²) >= 11 is 0. The van der Waals surface area contributed by atoms with Crippen LogP contribution in [0.1, 0.15) is 33.4 Å². The van der Waals surface area contributed by atoms with Gasteiger partial charge in [0, 0.05) is 24.2 Å². The number of anilines is 1. The van der Waals surface area contributed by atoms with E-state index in [-0.39, 0.29) is 11.9 Å². The monoisotopic (exact) mass is 345 g/mol. The Balaban J connectivity index is 1.92. The van der Waals surface area contributed by atoms with Gasteiger partial charge in [0.15, 0.2) is 0 Å². The van der Waals surface area contributed by atoms with Crippen LogP contribution in [-0.4, -0.2) is 38.6 Å². The van der Waals surface area contributed by atoms with E-state index in [1.54, 1.807) is 23.1 Å². The minimum Gasteiger partial charge on any atom is -0.392 e. The molecule has 7 heteroatoms. The lowest BCUT2D eigenvalue weighted by Gasteiger charge is -2.33. The Kier molecular flexibility index (Phi) is 6.14. The van der Waals surface area contributed by atoms with Crippen molar-refractivity contribution in [3.05, 3.63) is 42.4 Å². The molecule has 0 aliphatic heterocycles. The number of carbonyl (C=O) groups is 1. The number of amides is 2.